The highest BCUT2D eigenvalue weighted by molar-refractivity contribution is 9.10. The molecule has 13 heteroatoms. The number of rotatable bonds is 9. The largest absolute Gasteiger partial charge is 0.490 e. The standard InChI is InChI=1S/C24H17Br2N3O7S/c1-2-35-22-12-15(10-16(14-27)24(30)28-18-8-6-17(25)7-9-18)11-21(26)23(22)36-37(33,34)20-5-3-4-19(13-20)29(31)32/h3-13H,2H2,1H3,(H,28,30)/b16-10-. The van der Waals surface area contributed by atoms with E-state index in [1.54, 1.807) is 31.2 Å². The Balaban J connectivity index is 1.95. The number of nitrogens with zero attached hydrogens (tertiary/aromatic N) is 2. The maximum atomic E-state index is 12.8. The lowest BCUT2D eigenvalue weighted by Gasteiger charge is -2.14. The number of carbonyl (C=O) groups excluding carboxylic acids is 1. The van der Waals surface area contributed by atoms with E-state index in [9.17, 15) is 28.6 Å². The maximum Gasteiger partial charge on any atom is 0.339 e. The smallest absolute Gasteiger partial charge is 0.339 e. The summed E-state index contributed by atoms with van der Waals surface area (Å²) >= 11 is 6.55. The highest BCUT2D eigenvalue weighted by Gasteiger charge is 2.24. The third-order valence-electron chi connectivity index (χ3n) is 4.62. The monoisotopic (exact) mass is 649 g/mol. The minimum absolute atomic E-state index is 0.00254. The van der Waals surface area contributed by atoms with Crippen LogP contribution in [0.15, 0.2) is 80.1 Å². The van der Waals surface area contributed by atoms with E-state index < -0.39 is 31.5 Å². The fraction of sp³-hybridized carbons (Fsp3) is 0.0833. The molecule has 3 aromatic carbocycles. The van der Waals surface area contributed by atoms with Crippen LogP contribution in [0.4, 0.5) is 11.4 Å². The van der Waals surface area contributed by atoms with Crippen molar-refractivity contribution in [3.05, 3.63) is 90.9 Å². The molecule has 1 N–H and O–H groups in total. The van der Waals surface area contributed by atoms with Crippen molar-refractivity contribution in [2.45, 2.75) is 11.8 Å². The molecule has 0 aromatic heterocycles. The quantitative estimate of drug-likeness (QED) is 0.0999. The van der Waals surface area contributed by atoms with Crippen LogP contribution in [0.1, 0.15) is 12.5 Å². The van der Waals surface area contributed by atoms with Gasteiger partial charge in [-0.05, 0) is 77.0 Å². The van der Waals surface area contributed by atoms with Gasteiger partial charge in [0.15, 0.2) is 11.5 Å². The van der Waals surface area contributed by atoms with Gasteiger partial charge in [-0.25, -0.2) is 0 Å². The van der Waals surface area contributed by atoms with Crippen LogP contribution in [-0.4, -0.2) is 25.9 Å². The summed E-state index contributed by atoms with van der Waals surface area (Å²) in [5, 5.41) is 23.2. The van der Waals surface area contributed by atoms with E-state index in [1.165, 1.54) is 24.3 Å². The number of carbonyl (C=O) groups is 1. The summed E-state index contributed by atoms with van der Waals surface area (Å²) in [5.41, 5.74) is 0.202. The van der Waals surface area contributed by atoms with Crippen molar-refractivity contribution in [3.8, 4) is 17.6 Å². The van der Waals surface area contributed by atoms with Gasteiger partial charge in [0.1, 0.15) is 16.5 Å². The zero-order valence-electron chi connectivity index (χ0n) is 19.0. The van der Waals surface area contributed by atoms with E-state index >= 15 is 0 Å². The highest BCUT2D eigenvalue weighted by Crippen LogP contribution is 2.39. The van der Waals surface area contributed by atoms with Crippen LogP contribution in [-0.2, 0) is 14.9 Å². The summed E-state index contributed by atoms with van der Waals surface area (Å²) in [6.07, 6.45) is 1.31. The molecule has 0 spiro atoms. The number of benzene rings is 3. The second kappa shape index (κ2) is 12.0. The second-order valence-electron chi connectivity index (χ2n) is 7.19. The molecule has 10 nitrogen and oxygen atoms in total. The average molecular weight is 651 g/mol. The molecular weight excluding hydrogens is 634 g/mol. The first-order valence-electron chi connectivity index (χ1n) is 10.4. The van der Waals surface area contributed by atoms with E-state index in [0.29, 0.717) is 11.3 Å². The van der Waals surface area contributed by atoms with Crippen LogP contribution in [0.2, 0.25) is 0 Å². The summed E-state index contributed by atoms with van der Waals surface area (Å²) in [5.74, 6) is -0.849. The van der Waals surface area contributed by atoms with Crippen molar-refractivity contribution < 1.29 is 27.1 Å². The Morgan fingerprint density at radius 1 is 1.16 bits per heavy atom. The minimum atomic E-state index is -4.47. The third-order valence-corrected chi connectivity index (χ3v) is 6.96. The van der Waals surface area contributed by atoms with Crippen molar-refractivity contribution in [1.82, 2.24) is 0 Å². The Kier molecular flexibility index (Phi) is 9.04. The molecule has 37 heavy (non-hydrogen) atoms. The normalized spacial score (nSPS) is 11.4. The molecule has 0 radical (unpaired) electrons. The molecule has 0 atom stereocenters. The number of nitro groups is 1. The number of nitriles is 1. The summed E-state index contributed by atoms with van der Waals surface area (Å²) in [4.78, 5) is 22.5. The number of nitro benzene ring substituents is 1. The van der Waals surface area contributed by atoms with Crippen LogP contribution in [0.3, 0.4) is 0 Å². The molecule has 0 bridgehead atoms. The average Bonchev–Trinajstić information content (AvgIpc) is 2.86. The Bertz CT molecular complexity index is 1530. The number of ether oxygens (including phenoxy) is 1. The fourth-order valence-corrected chi connectivity index (χ4v) is 4.88. The molecule has 190 valence electrons. The minimum Gasteiger partial charge on any atom is -0.490 e. The molecule has 1 amide bonds. The van der Waals surface area contributed by atoms with Gasteiger partial charge in [-0.2, -0.15) is 13.7 Å². The number of hydrogen-bond acceptors (Lipinski definition) is 8. The Morgan fingerprint density at radius 2 is 1.86 bits per heavy atom. The third kappa shape index (κ3) is 7.16. The molecule has 0 fully saturated rings. The first-order valence-corrected chi connectivity index (χ1v) is 13.4. The van der Waals surface area contributed by atoms with Gasteiger partial charge in [0.05, 0.1) is 16.0 Å². The van der Waals surface area contributed by atoms with Gasteiger partial charge >= 0.3 is 10.1 Å². The number of anilines is 1. The van der Waals surface area contributed by atoms with Crippen LogP contribution in [0.5, 0.6) is 11.5 Å². The molecule has 0 unspecified atom stereocenters. The van der Waals surface area contributed by atoms with Gasteiger partial charge in [-0.1, -0.05) is 22.0 Å². The first kappa shape index (κ1) is 27.9. The number of hydrogen-bond donors (Lipinski definition) is 1. The van der Waals surface area contributed by atoms with Crippen LogP contribution < -0.4 is 14.2 Å². The summed E-state index contributed by atoms with van der Waals surface area (Å²) in [7, 11) is -4.47. The van der Waals surface area contributed by atoms with E-state index in [-0.39, 0.29) is 28.2 Å². The molecule has 0 aliphatic heterocycles. The molecule has 3 rings (SSSR count). The summed E-state index contributed by atoms with van der Waals surface area (Å²) in [6.45, 7) is 1.81. The van der Waals surface area contributed by atoms with Crippen LogP contribution >= 0.6 is 31.9 Å². The van der Waals surface area contributed by atoms with E-state index in [1.807, 2.05) is 6.07 Å². The van der Waals surface area contributed by atoms with Gasteiger partial charge in [0.25, 0.3) is 11.6 Å². The SMILES string of the molecule is CCOc1cc(/C=C(/C#N)C(=O)Nc2ccc(Br)cc2)cc(Br)c1OS(=O)(=O)c1cccc([N+](=O)[O-])c1. The Morgan fingerprint density at radius 3 is 2.49 bits per heavy atom. The Hall–Kier alpha value is -3.73. The zero-order valence-corrected chi connectivity index (χ0v) is 23.0. The van der Waals surface area contributed by atoms with Gasteiger partial charge in [0.2, 0.25) is 0 Å². The number of halogens is 2. The lowest BCUT2D eigenvalue weighted by Crippen LogP contribution is -2.13. The first-order chi connectivity index (χ1) is 17.5. The van der Waals surface area contributed by atoms with E-state index in [4.69, 9.17) is 8.92 Å². The van der Waals surface area contributed by atoms with Crippen molar-refractivity contribution in [2.75, 3.05) is 11.9 Å². The van der Waals surface area contributed by atoms with Crippen LogP contribution in [0.25, 0.3) is 6.08 Å². The van der Waals surface area contributed by atoms with Crippen molar-refractivity contribution in [2.24, 2.45) is 0 Å². The topological polar surface area (TPSA) is 149 Å². The van der Waals surface area contributed by atoms with Crippen molar-refractivity contribution >= 4 is 65.3 Å². The predicted molar refractivity (Wildman–Crippen MR) is 143 cm³/mol. The highest BCUT2D eigenvalue weighted by atomic mass is 79.9. The molecule has 0 saturated carbocycles. The van der Waals surface area contributed by atoms with Gasteiger partial charge in [0, 0.05) is 22.3 Å². The number of non-ortho nitro benzene ring substituents is 1. The number of nitrogens with one attached hydrogen (secondary N) is 1. The van der Waals surface area contributed by atoms with Crippen LogP contribution in [0, 0.1) is 21.4 Å². The van der Waals surface area contributed by atoms with E-state index in [0.717, 1.165) is 22.7 Å². The van der Waals surface area contributed by atoms with Gasteiger partial charge in [-0.15, -0.1) is 0 Å². The molecule has 3 aromatic rings. The molecule has 0 heterocycles. The fourth-order valence-electron chi connectivity index (χ4n) is 2.97. The van der Waals surface area contributed by atoms with Gasteiger partial charge < -0.3 is 14.2 Å². The Labute approximate surface area is 229 Å². The second-order valence-corrected chi connectivity index (χ2v) is 10.5. The van der Waals surface area contributed by atoms with E-state index in [2.05, 4.69) is 37.2 Å². The lowest BCUT2D eigenvalue weighted by atomic mass is 10.1. The maximum absolute atomic E-state index is 12.8. The lowest BCUT2D eigenvalue weighted by molar-refractivity contribution is -0.385. The van der Waals surface area contributed by atoms with Crippen molar-refractivity contribution in [1.29, 1.82) is 5.26 Å². The summed E-state index contributed by atoms with van der Waals surface area (Å²) < 4.78 is 37.5. The predicted octanol–water partition coefficient (Wildman–Crippen LogP) is 5.83. The zero-order chi connectivity index (χ0) is 27.2. The molecular formula is C24H17Br2N3O7S. The van der Waals surface area contributed by atoms with Gasteiger partial charge in [-0.3, -0.25) is 14.9 Å². The molecule has 0 aliphatic carbocycles. The summed E-state index contributed by atoms with van der Waals surface area (Å²) in [6, 6.07) is 15.9. The van der Waals surface area contributed by atoms with Crippen molar-refractivity contribution in [3.63, 3.8) is 0 Å². The molecule has 0 saturated heterocycles. The number of amides is 1. The molecule has 0 aliphatic rings.